The van der Waals surface area contributed by atoms with Crippen molar-refractivity contribution < 1.29 is 4.39 Å². The summed E-state index contributed by atoms with van der Waals surface area (Å²) in [6.45, 7) is 4.79. The molecule has 3 nitrogen and oxygen atoms in total. The molecule has 1 unspecified atom stereocenters. The van der Waals surface area contributed by atoms with E-state index in [1.54, 1.807) is 0 Å². The van der Waals surface area contributed by atoms with Gasteiger partial charge in [-0.25, -0.2) is 9.37 Å². The molecule has 0 aliphatic carbocycles. The maximum atomic E-state index is 13.7. The first-order valence-corrected chi connectivity index (χ1v) is 6.12. The zero-order chi connectivity index (χ0) is 12.5. The van der Waals surface area contributed by atoms with E-state index in [4.69, 9.17) is 11.6 Å². The summed E-state index contributed by atoms with van der Waals surface area (Å²) >= 11 is 5.70. The van der Waals surface area contributed by atoms with Gasteiger partial charge in [0, 0.05) is 25.8 Å². The van der Waals surface area contributed by atoms with E-state index in [1.807, 2.05) is 11.9 Å². The number of rotatable bonds is 3. The zero-order valence-electron chi connectivity index (χ0n) is 10.1. The number of aromatic nitrogens is 1. The fraction of sp³-hybridized carbons (Fsp3) is 0.583. The molecular weight excluding hydrogens is 241 g/mol. The lowest BCUT2D eigenvalue weighted by atomic mass is 9.90. The van der Waals surface area contributed by atoms with Gasteiger partial charge < -0.3 is 10.2 Å². The van der Waals surface area contributed by atoms with Gasteiger partial charge in [0.15, 0.2) is 11.6 Å². The quantitative estimate of drug-likeness (QED) is 0.901. The molecule has 1 aliphatic heterocycles. The summed E-state index contributed by atoms with van der Waals surface area (Å²) in [5.74, 6) is 0.0698. The van der Waals surface area contributed by atoms with Gasteiger partial charge in [0.2, 0.25) is 0 Å². The third-order valence-corrected chi connectivity index (χ3v) is 3.46. The van der Waals surface area contributed by atoms with Crippen LogP contribution in [0.2, 0.25) is 5.02 Å². The minimum atomic E-state index is -0.341. The van der Waals surface area contributed by atoms with Crippen LogP contribution in [0.25, 0.3) is 0 Å². The molecule has 1 fully saturated rings. The van der Waals surface area contributed by atoms with Crippen LogP contribution in [-0.4, -0.2) is 31.7 Å². The van der Waals surface area contributed by atoms with Gasteiger partial charge >= 0.3 is 0 Å². The van der Waals surface area contributed by atoms with Crippen molar-refractivity contribution in [1.82, 2.24) is 10.3 Å². The highest BCUT2D eigenvalue weighted by Gasteiger charge is 2.34. The molecule has 1 N–H and O–H groups in total. The third kappa shape index (κ3) is 2.69. The summed E-state index contributed by atoms with van der Waals surface area (Å²) in [5, 5.41) is 3.52. The first-order valence-electron chi connectivity index (χ1n) is 5.75. The molecule has 0 aromatic carbocycles. The smallest absolute Gasteiger partial charge is 0.167 e. The second-order valence-electron chi connectivity index (χ2n) is 4.97. The predicted molar refractivity (Wildman–Crippen MR) is 68.1 cm³/mol. The van der Waals surface area contributed by atoms with Gasteiger partial charge in [0.25, 0.3) is 0 Å². The zero-order valence-corrected chi connectivity index (χ0v) is 10.9. The second kappa shape index (κ2) is 4.78. The Bertz CT molecular complexity index is 413. The predicted octanol–water partition coefficient (Wildman–Crippen LogP) is 2.31. The Hall–Kier alpha value is -0.870. The lowest BCUT2D eigenvalue weighted by Crippen LogP contribution is -2.33. The van der Waals surface area contributed by atoms with Crippen LogP contribution in [0.1, 0.15) is 13.3 Å². The number of anilines is 1. The van der Waals surface area contributed by atoms with Gasteiger partial charge in [-0.2, -0.15) is 0 Å². The molecule has 17 heavy (non-hydrogen) atoms. The van der Waals surface area contributed by atoms with Crippen LogP contribution in [0.5, 0.6) is 0 Å². The fourth-order valence-corrected chi connectivity index (χ4v) is 2.56. The lowest BCUT2D eigenvalue weighted by molar-refractivity contribution is 0.355. The highest BCUT2D eigenvalue weighted by molar-refractivity contribution is 6.30. The molecule has 0 radical (unpaired) electrons. The summed E-state index contributed by atoms with van der Waals surface area (Å²) in [6, 6.07) is 1.32. The van der Waals surface area contributed by atoms with Crippen molar-refractivity contribution in [2.45, 2.75) is 13.3 Å². The summed E-state index contributed by atoms with van der Waals surface area (Å²) in [7, 11) is 1.94. The van der Waals surface area contributed by atoms with Crippen molar-refractivity contribution in [2.24, 2.45) is 5.41 Å². The van der Waals surface area contributed by atoms with Crippen molar-refractivity contribution in [3.63, 3.8) is 0 Å². The molecule has 0 spiro atoms. The van der Waals surface area contributed by atoms with Crippen molar-refractivity contribution in [1.29, 1.82) is 0 Å². The number of hydrogen-bond acceptors (Lipinski definition) is 3. The molecular formula is C12H17ClFN3. The molecule has 1 atom stereocenters. The van der Waals surface area contributed by atoms with Crippen molar-refractivity contribution in [2.75, 3.05) is 31.6 Å². The van der Waals surface area contributed by atoms with E-state index in [-0.39, 0.29) is 11.2 Å². The van der Waals surface area contributed by atoms with E-state index in [1.165, 1.54) is 12.3 Å². The van der Waals surface area contributed by atoms with Crippen LogP contribution in [0.15, 0.2) is 12.3 Å². The van der Waals surface area contributed by atoms with Crippen LogP contribution in [0.4, 0.5) is 10.2 Å². The Labute approximate surface area is 106 Å². The molecule has 2 heterocycles. The van der Waals surface area contributed by atoms with Crippen LogP contribution in [0.3, 0.4) is 0 Å². The maximum Gasteiger partial charge on any atom is 0.167 e. The largest absolute Gasteiger partial charge is 0.354 e. The van der Waals surface area contributed by atoms with Gasteiger partial charge in [-0.1, -0.05) is 18.5 Å². The van der Waals surface area contributed by atoms with Crippen LogP contribution in [0, 0.1) is 11.2 Å². The van der Waals surface area contributed by atoms with Crippen molar-refractivity contribution in [3.05, 3.63) is 23.1 Å². The van der Waals surface area contributed by atoms with Gasteiger partial charge in [0.1, 0.15) is 0 Å². The summed E-state index contributed by atoms with van der Waals surface area (Å²) < 4.78 is 13.7. The summed E-state index contributed by atoms with van der Waals surface area (Å²) in [4.78, 5) is 6.07. The molecule has 1 aromatic rings. The number of pyridine rings is 1. The van der Waals surface area contributed by atoms with Gasteiger partial charge in [0.05, 0.1) is 5.02 Å². The monoisotopic (exact) mass is 257 g/mol. The standard InChI is InChI=1S/C12H17ClFN3/c1-12(7-15-2)3-4-17(8-12)11-10(14)5-9(13)6-16-11/h5-6,15H,3-4,7-8H2,1-2H3. The average molecular weight is 258 g/mol. The van der Waals surface area contributed by atoms with Gasteiger partial charge in [-0.3, -0.25) is 0 Å². The third-order valence-electron chi connectivity index (χ3n) is 3.25. The van der Waals surface area contributed by atoms with Crippen molar-refractivity contribution in [3.8, 4) is 0 Å². The van der Waals surface area contributed by atoms with Crippen LogP contribution < -0.4 is 10.2 Å². The molecule has 1 saturated heterocycles. The Morgan fingerprint density at radius 1 is 1.65 bits per heavy atom. The maximum absolute atomic E-state index is 13.7. The van der Waals surface area contributed by atoms with Crippen molar-refractivity contribution >= 4 is 17.4 Å². The normalized spacial score (nSPS) is 24.4. The van der Waals surface area contributed by atoms with E-state index in [0.717, 1.165) is 26.1 Å². The second-order valence-corrected chi connectivity index (χ2v) is 5.41. The van der Waals surface area contributed by atoms with E-state index in [9.17, 15) is 4.39 Å². The molecule has 94 valence electrons. The Kier molecular flexibility index (Phi) is 3.54. The molecule has 1 aliphatic rings. The van der Waals surface area contributed by atoms with E-state index in [2.05, 4.69) is 17.2 Å². The van der Waals surface area contributed by atoms with Crippen LogP contribution in [-0.2, 0) is 0 Å². The molecule has 0 saturated carbocycles. The van der Waals surface area contributed by atoms with E-state index in [0.29, 0.717) is 10.8 Å². The Morgan fingerprint density at radius 3 is 3.06 bits per heavy atom. The minimum Gasteiger partial charge on any atom is -0.354 e. The summed E-state index contributed by atoms with van der Waals surface area (Å²) in [5.41, 5.74) is 0.183. The first-order chi connectivity index (χ1) is 8.04. The van der Waals surface area contributed by atoms with Gasteiger partial charge in [-0.05, 0) is 24.9 Å². The average Bonchev–Trinajstić information content (AvgIpc) is 2.61. The molecule has 2 rings (SSSR count). The number of halogens is 2. The number of nitrogens with zero attached hydrogens (tertiary/aromatic N) is 2. The van der Waals surface area contributed by atoms with E-state index < -0.39 is 0 Å². The molecule has 0 amide bonds. The number of hydrogen-bond donors (Lipinski definition) is 1. The number of nitrogens with one attached hydrogen (secondary N) is 1. The van der Waals surface area contributed by atoms with Crippen LogP contribution >= 0.6 is 11.6 Å². The molecule has 1 aromatic heterocycles. The molecule has 0 bridgehead atoms. The SMILES string of the molecule is CNCC1(C)CCN(c2ncc(Cl)cc2F)C1. The molecule has 5 heteroatoms. The Morgan fingerprint density at radius 2 is 2.41 bits per heavy atom. The highest BCUT2D eigenvalue weighted by Crippen LogP contribution is 2.33. The summed E-state index contributed by atoms with van der Waals surface area (Å²) in [6.07, 6.45) is 2.53. The topological polar surface area (TPSA) is 28.2 Å². The first kappa shape index (κ1) is 12.6. The highest BCUT2D eigenvalue weighted by atomic mass is 35.5. The van der Waals surface area contributed by atoms with Gasteiger partial charge in [-0.15, -0.1) is 0 Å². The lowest BCUT2D eigenvalue weighted by Gasteiger charge is -2.24. The minimum absolute atomic E-state index is 0.183. The fourth-order valence-electron chi connectivity index (χ4n) is 2.42. The van der Waals surface area contributed by atoms with E-state index >= 15 is 0 Å². The Balaban J connectivity index is 2.15.